The molecule has 2 rings (SSSR count). The molecule has 1 N–H and O–H groups in total. The van der Waals surface area contributed by atoms with E-state index in [0.717, 1.165) is 28.5 Å². The molecule has 2 unspecified atom stereocenters. The molecule has 0 spiro atoms. The van der Waals surface area contributed by atoms with E-state index in [4.69, 9.17) is 11.6 Å². The van der Waals surface area contributed by atoms with Crippen LogP contribution in [0.1, 0.15) is 27.2 Å². The third-order valence-corrected chi connectivity index (χ3v) is 4.87. The smallest absolute Gasteiger partial charge is 0.0568 e. The molecule has 1 aromatic rings. The van der Waals surface area contributed by atoms with Crippen LogP contribution in [-0.4, -0.2) is 25.2 Å². The van der Waals surface area contributed by atoms with Gasteiger partial charge in [-0.2, -0.15) is 0 Å². The van der Waals surface area contributed by atoms with Crippen LogP contribution in [0.4, 0.5) is 5.69 Å². The summed E-state index contributed by atoms with van der Waals surface area (Å²) in [6, 6.07) is 7.30. The van der Waals surface area contributed by atoms with Crippen molar-refractivity contribution >= 4 is 33.2 Å². The van der Waals surface area contributed by atoms with Crippen molar-refractivity contribution in [1.82, 2.24) is 5.32 Å². The average Bonchev–Trinajstić information content (AvgIpc) is 2.34. The largest absolute Gasteiger partial charge is 0.366 e. The summed E-state index contributed by atoms with van der Waals surface area (Å²) in [6.07, 6.45) is 1.22. The maximum Gasteiger partial charge on any atom is 0.0568 e. The van der Waals surface area contributed by atoms with E-state index in [1.165, 1.54) is 12.1 Å². The van der Waals surface area contributed by atoms with Gasteiger partial charge in [-0.1, -0.05) is 25.4 Å². The van der Waals surface area contributed by atoms with Gasteiger partial charge >= 0.3 is 0 Å². The summed E-state index contributed by atoms with van der Waals surface area (Å²) in [7, 11) is 0. The number of nitrogens with one attached hydrogen (secondary N) is 1. The number of halogens is 2. The van der Waals surface area contributed by atoms with Crippen LogP contribution in [-0.2, 0) is 0 Å². The van der Waals surface area contributed by atoms with Crippen molar-refractivity contribution < 1.29 is 0 Å². The van der Waals surface area contributed by atoms with E-state index in [9.17, 15) is 0 Å². The van der Waals surface area contributed by atoms with E-state index in [2.05, 4.69) is 59.1 Å². The van der Waals surface area contributed by atoms with Gasteiger partial charge in [0.15, 0.2) is 0 Å². The molecule has 19 heavy (non-hydrogen) atoms. The molecule has 0 amide bonds. The third-order valence-electron chi connectivity index (χ3n) is 3.64. The molecule has 0 aromatic heterocycles. The zero-order valence-electron chi connectivity index (χ0n) is 11.8. The first-order chi connectivity index (χ1) is 8.97. The first kappa shape index (κ1) is 15.1. The van der Waals surface area contributed by atoms with E-state index in [0.29, 0.717) is 12.1 Å². The topological polar surface area (TPSA) is 15.3 Å². The van der Waals surface area contributed by atoms with Crippen LogP contribution in [0.2, 0.25) is 5.02 Å². The van der Waals surface area contributed by atoms with Gasteiger partial charge in [-0.15, -0.1) is 0 Å². The second-order valence-corrected chi connectivity index (χ2v) is 7.10. The molecule has 0 radical (unpaired) electrons. The van der Waals surface area contributed by atoms with Crippen LogP contribution in [0, 0.1) is 5.92 Å². The fraction of sp³-hybridized carbons (Fsp3) is 0.600. The van der Waals surface area contributed by atoms with Crippen LogP contribution in [0.3, 0.4) is 0 Å². The van der Waals surface area contributed by atoms with Gasteiger partial charge in [0.1, 0.15) is 0 Å². The first-order valence-corrected chi connectivity index (χ1v) is 8.09. The average molecular weight is 346 g/mol. The van der Waals surface area contributed by atoms with Crippen molar-refractivity contribution in [1.29, 1.82) is 0 Å². The predicted molar refractivity (Wildman–Crippen MR) is 87.2 cm³/mol. The zero-order chi connectivity index (χ0) is 14.0. The Balaban J connectivity index is 2.14. The van der Waals surface area contributed by atoms with E-state index in [-0.39, 0.29) is 0 Å². The van der Waals surface area contributed by atoms with Gasteiger partial charge in [0.05, 0.1) is 5.02 Å². The highest BCUT2D eigenvalue weighted by atomic mass is 79.9. The maximum atomic E-state index is 6.21. The van der Waals surface area contributed by atoms with Gasteiger partial charge in [0, 0.05) is 35.3 Å². The summed E-state index contributed by atoms with van der Waals surface area (Å²) >= 11 is 9.66. The van der Waals surface area contributed by atoms with E-state index < -0.39 is 0 Å². The quantitative estimate of drug-likeness (QED) is 0.878. The van der Waals surface area contributed by atoms with Crippen LogP contribution < -0.4 is 10.2 Å². The summed E-state index contributed by atoms with van der Waals surface area (Å²) in [5.74, 6) is 0.723. The van der Waals surface area contributed by atoms with Gasteiger partial charge < -0.3 is 10.2 Å². The van der Waals surface area contributed by atoms with Crippen LogP contribution in [0.5, 0.6) is 0 Å². The fourth-order valence-electron chi connectivity index (χ4n) is 2.68. The van der Waals surface area contributed by atoms with Crippen molar-refractivity contribution in [2.24, 2.45) is 5.92 Å². The Morgan fingerprint density at radius 2 is 2.21 bits per heavy atom. The minimum Gasteiger partial charge on any atom is -0.366 e. The van der Waals surface area contributed by atoms with Crippen LogP contribution in [0.15, 0.2) is 22.7 Å². The van der Waals surface area contributed by atoms with E-state index >= 15 is 0 Å². The second-order valence-electron chi connectivity index (χ2n) is 5.83. The lowest BCUT2D eigenvalue weighted by Crippen LogP contribution is -2.55. The SMILES string of the molecule is CC(C)CC1CN(c2ccc(Br)c(Cl)c2)C(C)CN1. The predicted octanol–water partition coefficient (Wildman–Crippen LogP) is 4.32. The summed E-state index contributed by atoms with van der Waals surface area (Å²) in [4.78, 5) is 2.46. The molecule has 1 aliphatic heterocycles. The van der Waals surface area contributed by atoms with Crippen molar-refractivity contribution in [2.45, 2.75) is 39.3 Å². The zero-order valence-corrected chi connectivity index (χ0v) is 14.1. The molecular weight excluding hydrogens is 324 g/mol. The molecule has 0 bridgehead atoms. The summed E-state index contributed by atoms with van der Waals surface area (Å²) in [5, 5.41) is 4.42. The van der Waals surface area contributed by atoms with Gasteiger partial charge in [0.25, 0.3) is 0 Å². The Hall–Kier alpha value is -0.250. The Labute approximate surface area is 129 Å². The molecule has 1 aliphatic rings. The van der Waals surface area contributed by atoms with Crippen molar-refractivity contribution in [2.75, 3.05) is 18.0 Å². The Morgan fingerprint density at radius 3 is 2.84 bits per heavy atom. The number of nitrogens with zero attached hydrogens (tertiary/aromatic N) is 1. The normalized spacial score (nSPS) is 24.0. The van der Waals surface area contributed by atoms with Crippen molar-refractivity contribution in [3.63, 3.8) is 0 Å². The van der Waals surface area contributed by atoms with E-state index in [1.807, 2.05) is 6.07 Å². The minimum absolute atomic E-state index is 0.501. The number of hydrogen-bond donors (Lipinski definition) is 1. The summed E-state index contributed by atoms with van der Waals surface area (Å²) < 4.78 is 0.958. The van der Waals surface area contributed by atoms with Crippen LogP contribution >= 0.6 is 27.5 Å². The van der Waals surface area contributed by atoms with Gasteiger partial charge in [-0.05, 0) is 53.4 Å². The Bertz CT molecular complexity index is 436. The number of benzene rings is 1. The number of anilines is 1. The lowest BCUT2D eigenvalue weighted by atomic mass is 9.99. The molecule has 1 heterocycles. The number of piperazine rings is 1. The molecule has 1 aromatic carbocycles. The fourth-order valence-corrected chi connectivity index (χ4v) is 3.10. The highest BCUT2D eigenvalue weighted by Crippen LogP contribution is 2.29. The van der Waals surface area contributed by atoms with Crippen molar-refractivity contribution in [3.05, 3.63) is 27.7 Å². The molecule has 2 nitrogen and oxygen atoms in total. The lowest BCUT2D eigenvalue weighted by molar-refractivity contribution is 0.356. The molecule has 2 atom stereocenters. The summed E-state index contributed by atoms with van der Waals surface area (Å²) in [5.41, 5.74) is 1.22. The second kappa shape index (κ2) is 6.47. The third kappa shape index (κ3) is 3.87. The first-order valence-electron chi connectivity index (χ1n) is 6.92. The molecule has 0 saturated carbocycles. The van der Waals surface area contributed by atoms with Gasteiger partial charge in [0.2, 0.25) is 0 Å². The highest BCUT2D eigenvalue weighted by molar-refractivity contribution is 9.10. The van der Waals surface area contributed by atoms with Gasteiger partial charge in [-0.25, -0.2) is 0 Å². The standard InChI is InChI=1S/C15H22BrClN2/c1-10(2)6-12-9-19(11(3)8-18-12)13-4-5-14(16)15(17)7-13/h4-5,7,10-12,18H,6,8-9H2,1-3H3. The van der Waals surface area contributed by atoms with E-state index in [1.54, 1.807) is 0 Å². The number of hydrogen-bond acceptors (Lipinski definition) is 2. The molecule has 1 fully saturated rings. The Morgan fingerprint density at radius 1 is 1.47 bits per heavy atom. The molecular formula is C15H22BrClN2. The van der Waals surface area contributed by atoms with Crippen LogP contribution in [0.25, 0.3) is 0 Å². The molecule has 4 heteroatoms. The lowest BCUT2D eigenvalue weighted by Gasteiger charge is -2.41. The maximum absolute atomic E-state index is 6.21. The summed E-state index contributed by atoms with van der Waals surface area (Å²) in [6.45, 7) is 8.90. The highest BCUT2D eigenvalue weighted by Gasteiger charge is 2.25. The molecule has 106 valence electrons. The van der Waals surface area contributed by atoms with Gasteiger partial charge in [-0.3, -0.25) is 0 Å². The Kier molecular flexibility index (Phi) is 5.15. The molecule has 0 aliphatic carbocycles. The molecule has 1 saturated heterocycles. The number of rotatable bonds is 3. The minimum atomic E-state index is 0.501. The van der Waals surface area contributed by atoms with Crippen molar-refractivity contribution in [3.8, 4) is 0 Å². The monoisotopic (exact) mass is 344 g/mol.